The second-order valence-corrected chi connectivity index (χ2v) is 3.62. The normalized spacial score (nSPS) is 23.9. The molecule has 1 unspecified atom stereocenters. The third-order valence-corrected chi connectivity index (χ3v) is 2.58. The maximum Gasteiger partial charge on any atom is 0.0910 e. The highest BCUT2D eigenvalue weighted by atomic mass is 32.2. The summed E-state index contributed by atoms with van der Waals surface area (Å²) in [4.78, 5) is 0. The molecule has 1 aliphatic rings. The number of hydrogen-bond acceptors (Lipinski definition) is 1. The van der Waals surface area contributed by atoms with Gasteiger partial charge in [-0.25, -0.2) is 8.51 Å². The van der Waals surface area contributed by atoms with Crippen molar-refractivity contribution < 1.29 is 4.21 Å². The van der Waals surface area contributed by atoms with E-state index in [2.05, 4.69) is 0 Å². The average Bonchev–Trinajstić information content (AvgIpc) is 2.43. The van der Waals surface area contributed by atoms with Gasteiger partial charge in [0.2, 0.25) is 0 Å². The van der Waals surface area contributed by atoms with Crippen molar-refractivity contribution in [1.82, 2.24) is 4.31 Å². The summed E-state index contributed by atoms with van der Waals surface area (Å²) in [5.74, 6) is 0. The van der Waals surface area contributed by atoms with Gasteiger partial charge in [-0.15, -0.1) is 0 Å². The highest BCUT2D eigenvalue weighted by Crippen LogP contribution is 2.25. The minimum Gasteiger partial charge on any atom is -0.243 e. The van der Waals surface area contributed by atoms with Gasteiger partial charge in [0.15, 0.2) is 0 Å². The van der Waals surface area contributed by atoms with Crippen molar-refractivity contribution in [2.45, 2.75) is 18.9 Å². The molecule has 0 bridgehead atoms. The molecule has 0 aromatic heterocycles. The molecule has 0 saturated heterocycles. The zero-order valence-electron chi connectivity index (χ0n) is 5.26. The molecular weight excluding hydrogens is 122 g/mol. The predicted octanol–water partition coefficient (Wildman–Crippen LogP) is 0.374. The van der Waals surface area contributed by atoms with Crippen molar-refractivity contribution >= 4 is 11.0 Å². The van der Waals surface area contributed by atoms with E-state index in [0.717, 1.165) is 0 Å². The van der Waals surface area contributed by atoms with E-state index >= 15 is 0 Å². The molecule has 1 aliphatic carbocycles. The highest BCUT2D eigenvalue weighted by Gasteiger charge is 2.27. The minimum absolute atomic E-state index is 0.626. The zero-order chi connectivity index (χ0) is 6.15. The molecule has 0 aromatic carbocycles. The van der Waals surface area contributed by atoms with Gasteiger partial charge in [-0.3, -0.25) is 0 Å². The third kappa shape index (κ3) is 1.29. The van der Waals surface area contributed by atoms with Crippen LogP contribution in [0.1, 0.15) is 12.8 Å². The Kier molecular flexibility index (Phi) is 1.68. The summed E-state index contributed by atoms with van der Waals surface area (Å²) in [5, 5.41) is 0. The highest BCUT2D eigenvalue weighted by molar-refractivity contribution is 7.81. The number of hydrogen-bond donors (Lipinski definition) is 0. The molecule has 1 atom stereocenters. The van der Waals surface area contributed by atoms with Gasteiger partial charge in [-0.05, 0) is 12.8 Å². The van der Waals surface area contributed by atoms with Crippen LogP contribution in [0.3, 0.4) is 0 Å². The van der Waals surface area contributed by atoms with Crippen molar-refractivity contribution in [2.75, 3.05) is 13.3 Å². The third-order valence-electron chi connectivity index (χ3n) is 1.47. The lowest BCUT2D eigenvalue weighted by Crippen LogP contribution is -2.21. The molecule has 1 fully saturated rings. The van der Waals surface area contributed by atoms with Gasteiger partial charge in [0.25, 0.3) is 0 Å². The van der Waals surface area contributed by atoms with Gasteiger partial charge < -0.3 is 0 Å². The molecule has 0 heterocycles. The first-order chi connectivity index (χ1) is 3.72. The average molecular weight is 133 g/mol. The SMILES string of the molecule is CN(C1CC1)S(C)=O. The van der Waals surface area contributed by atoms with Crippen LogP contribution < -0.4 is 0 Å². The zero-order valence-corrected chi connectivity index (χ0v) is 6.07. The van der Waals surface area contributed by atoms with Crippen LogP contribution in [-0.2, 0) is 11.0 Å². The Balaban J connectivity index is 2.32. The Morgan fingerprint density at radius 3 is 2.25 bits per heavy atom. The van der Waals surface area contributed by atoms with Crippen LogP contribution in [-0.4, -0.2) is 27.9 Å². The smallest absolute Gasteiger partial charge is 0.0910 e. The Morgan fingerprint density at radius 2 is 2.12 bits per heavy atom. The first-order valence-corrected chi connectivity index (χ1v) is 4.29. The monoisotopic (exact) mass is 133 g/mol. The molecule has 0 amide bonds. The van der Waals surface area contributed by atoms with Gasteiger partial charge in [0, 0.05) is 19.3 Å². The number of nitrogens with zero attached hydrogens (tertiary/aromatic N) is 1. The molecule has 0 aliphatic heterocycles. The van der Waals surface area contributed by atoms with E-state index in [-0.39, 0.29) is 0 Å². The fraction of sp³-hybridized carbons (Fsp3) is 1.00. The quantitative estimate of drug-likeness (QED) is 0.533. The summed E-state index contributed by atoms with van der Waals surface area (Å²) in [6.45, 7) is 0. The molecule has 0 spiro atoms. The van der Waals surface area contributed by atoms with Crippen LogP contribution in [0.2, 0.25) is 0 Å². The van der Waals surface area contributed by atoms with Crippen LogP contribution in [0.25, 0.3) is 0 Å². The molecular formula is C5H11NOS. The Hall–Kier alpha value is 0.110. The summed E-state index contributed by atoms with van der Waals surface area (Å²) in [7, 11) is 1.17. The van der Waals surface area contributed by atoms with Crippen LogP contribution in [0.4, 0.5) is 0 Å². The minimum atomic E-state index is -0.745. The topological polar surface area (TPSA) is 20.3 Å². The van der Waals surface area contributed by atoms with E-state index in [9.17, 15) is 4.21 Å². The van der Waals surface area contributed by atoms with E-state index in [0.29, 0.717) is 6.04 Å². The van der Waals surface area contributed by atoms with Crippen molar-refractivity contribution in [1.29, 1.82) is 0 Å². The van der Waals surface area contributed by atoms with E-state index < -0.39 is 11.0 Å². The molecule has 1 saturated carbocycles. The number of rotatable bonds is 2. The Labute approximate surface area is 52.5 Å². The van der Waals surface area contributed by atoms with Gasteiger partial charge >= 0.3 is 0 Å². The molecule has 2 nitrogen and oxygen atoms in total. The lowest BCUT2D eigenvalue weighted by Gasteiger charge is -2.09. The maximum atomic E-state index is 10.7. The van der Waals surface area contributed by atoms with E-state index in [1.165, 1.54) is 12.8 Å². The lowest BCUT2D eigenvalue weighted by molar-refractivity contribution is 0.520. The van der Waals surface area contributed by atoms with Crippen LogP contribution in [0, 0.1) is 0 Å². The molecule has 48 valence electrons. The Bertz CT molecular complexity index is 111. The lowest BCUT2D eigenvalue weighted by atomic mass is 10.7. The second-order valence-electron chi connectivity index (χ2n) is 2.20. The first kappa shape index (κ1) is 6.23. The van der Waals surface area contributed by atoms with Gasteiger partial charge in [0.1, 0.15) is 0 Å². The molecule has 0 radical (unpaired) electrons. The first-order valence-electron chi connectivity index (χ1n) is 2.78. The second kappa shape index (κ2) is 2.15. The van der Waals surface area contributed by atoms with Gasteiger partial charge in [-0.2, -0.15) is 0 Å². The van der Waals surface area contributed by atoms with Crippen LogP contribution in [0.15, 0.2) is 0 Å². The fourth-order valence-electron chi connectivity index (χ4n) is 0.648. The molecule has 0 aromatic rings. The fourth-order valence-corrected chi connectivity index (χ4v) is 1.28. The summed E-state index contributed by atoms with van der Waals surface area (Å²) in [6, 6.07) is 0.626. The Morgan fingerprint density at radius 1 is 1.62 bits per heavy atom. The van der Waals surface area contributed by atoms with Crippen molar-refractivity contribution in [3.63, 3.8) is 0 Å². The molecule has 1 rings (SSSR count). The predicted molar refractivity (Wildman–Crippen MR) is 34.9 cm³/mol. The van der Waals surface area contributed by atoms with E-state index in [4.69, 9.17) is 0 Å². The van der Waals surface area contributed by atoms with Crippen molar-refractivity contribution in [2.24, 2.45) is 0 Å². The van der Waals surface area contributed by atoms with E-state index in [1.54, 1.807) is 6.26 Å². The summed E-state index contributed by atoms with van der Waals surface area (Å²) >= 11 is 0. The maximum absolute atomic E-state index is 10.7. The summed E-state index contributed by atoms with van der Waals surface area (Å²) in [5.41, 5.74) is 0. The van der Waals surface area contributed by atoms with E-state index in [1.807, 2.05) is 11.4 Å². The van der Waals surface area contributed by atoms with Crippen molar-refractivity contribution in [3.05, 3.63) is 0 Å². The molecule has 8 heavy (non-hydrogen) atoms. The van der Waals surface area contributed by atoms with Gasteiger partial charge in [0.05, 0.1) is 11.0 Å². The van der Waals surface area contributed by atoms with Gasteiger partial charge in [-0.1, -0.05) is 0 Å². The standard InChI is InChI=1S/C5H11NOS/c1-6(8(2)7)5-3-4-5/h5H,3-4H2,1-2H3. The largest absolute Gasteiger partial charge is 0.243 e. The summed E-state index contributed by atoms with van der Waals surface area (Å²) in [6.07, 6.45) is 4.18. The molecule has 3 heteroatoms. The van der Waals surface area contributed by atoms with Crippen LogP contribution in [0.5, 0.6) is 0 Å². The summed E-state index contributed by atoms with van der Waals surface area (Å²) < 4.78 is 12.6. The molecule has 0 N–H and O–H groups in total. The van der Waals surface area contributed by atoms with Crippen molar-refractivity contribution in [3.8, 4) is 0 Å². The van der Waals surface area contributed by atoms with Crippen LogP contribution >= 0.6 is 0 Å².